The number of benzene rings is 3. The van der Waals surface area contributed by atoms with Crippen molar-refractivity contribution >= 4 is 0 Å². The molecule has 1 aliphatic carbocycles. The van der Waals surface area contributed by atoms with Crippen LogP contribution in [0.1, 0.15) is 70.3 Å². The first-order chi connectivity index (χ1) is 16.0. The van der Waals surface area contributed by atoms with E-state index < -0.39 is 0 Å². The topological polar surface area (TPSA) is 0 Å². The summed E-state index contributed by atoms with van der Waals surface area (Å²) in [5.41, 5.74) is 14.8. The zero-order chi connectivity index (χ0) is 24.8. The Kier molecular flexibility index (Phi) is 12.0. The second-order valence-corrected chi connectivity index (χ2v) is 11.5. The predicted molar refractivity (Wildman–Crippen MR) is 142 cm³/mol. The summed E-state index contributed by atoms with van der Waals surface area (Å²) in [5.74, 6) is 0.521. The van der Waals surface area contributed by atoms with Gasteiger partial charge in [-0.25, -0.2) is 0 Å². The molecule has 0 saturated heterocycles. The fourth-order valence-corrected chi connectivity index (χ4v) is 7.11. The molecule has 0 spiro atoms. The van der Waals surface area contributed by atoms with Crippen molar-refractivity contribution < 1.29 is 57.7 Å². The molecule has 0 unspecified atom stereocenters. The molecular formula is C33H37Cl3Ti. The van der Waals surface area contributed by atoms with E-state index in [1.54, 1.807) is 0 Å². The Morgan fingerprint density at radius 3 is 1.11 bits per heavy atom. The van der Waals surface area contributed by atoms with Crippen molar-refractivity contribution in [2.45, 2.75) is 67.2 Å². The molecule has 194 valence electrons. The zero-order valence-corrected chi connectivity index (χ0v) is 27.0. The van der Waals surface area contributed by atoms with Crippen molar-refractivity contribution in [3.8, 4) is 0 Å². The minimum atomic E-state index is -0.332. The van der Waals surface area contributed by atoms with E-state index in [1.165, 1.54) is 65.1 Å². The quantitative estimate of drug-likeness (QED) is 0.284. The van der Waals surface area contributed by atoms with Crippen molar-refractivity contribution in [3.63, 3.8) is 0 Å². The van der Waals surface area contributed by atoms with Gasteiger partial charge < -0.3 is 37.2 Å². The molecule has 0 nitrogen and oxygen atoms in total. The monoisotopic (exact) mass is 586 g/mol. The van der Waals surface area contributed by atoms with Gasteiger partial charge in [0.15, 0.2) is 0 Å². The Morgan fingerprint density at radius 1 is 0.568 bits per heavy atom. The molecule has 0 aliphatic heterocycles. The van der Waals surface area contributed by atoms with E-state index in [0.29, 0.717) is 5.92 Å². The van der Waals surface area contributed by atoms with Crippen molar-refractivity contribution in [2.75, 3.05) is 0 Å². The first-order valence-electron chi connectivity index (χ1n) is 12.4. The van der Waals surface area contributed by atoms with Gasteiger partial charge in [0, 0.05) is 0 Å². The summed E-state index contributed by atoms with van der Waals surface area (Å²) >= 11 is 2.36. The van der Waals surface area contributed by atoms with Crippen LogP contribution >= 0.6 is 0 Å². The van der Waals surface area contributed by atoms with E-state index >= 15 is 0 Å². The van der Waals surface area contributed by atoms with Crippen LogP contribution in [-0.4, -0.2) is 0 Å². The van der Waals surface area contributed by atoms with Gasteiger partial charge in [-0.3, -0.25) is 0 Å². The second-order valence-electron chi connectivity index (χ2n) is 10.8. The van der Waals surface area contributed by atoms with E-state index in [2.05, 4.69) is 136 Å². The number of aryl methyl sites for hydroxylation is 6. The SMILES string of the molecule is Cc1cc(C)cc(C(C2=[C]([Ti+3])C(C(C)C)=CC2)(c2cc(C)cc(C)c2)c2cc(C)cc(C)c2)c1.[Cl-].[Cl-].[Cl-]. The number of allylic oxidation sites excluding steroid dienone is 4. The van der Waals surface area contributed by atoms with Crippen LogP contribution in [-0.2, 0) is 25.9 Å². The van der Waals surface area contributed by atoms with E-state index in [0.717, 1.165) is 6.42 Å². The number of rotatable bonds is 5. The van der Waals surface area contributed by atoms with Gasteiger partial charge in [0.25, 0.3) is 0 Å². The van der Waals surface area contributed by atoms with Crippen LogP contribution in [0.4, 0.5) is 0 Å². The third-order valence-electron chi connectivity index (χ3n) is 7.16. The van der Waals surface area contributed by atoms with Crippen molar-refractivity contribution in [3.05, 3.63) is 126 Å². The van der Waals surface area contributed by atoms with Crippen LogP contribution in [0.15, 0.2) is 75.7 Å². The van der Waals surface area contributed by atoms with Crippen molar-refractivity contribution in [1.29, 1.82) is 0 Å². The van der Waals surface area contributed by atoms with Crippen LogP contribution in [0, 0.1) is 47.5 Å². The summed E-state index contributed by atoms with van der Waals surface area (Å²) in [4.78, 5) is 0. The van der Waals surface area contributed by atoms with Crippen LogP contribution in [0.3, 0.4) is 0 Å². The molecule has 0 N–H and O–H groups in total. The van der Waals surface area contributed by atoms with Gasteiger partial charge in [-0.1, -0.05) is 0 Å². The van der Waals surface area contributed by atoms with Crippen LogP contribution in [0.2, 0.25) is 0 Å². The molecule has 0 heterocycles. The molecule has 0 radical (unpaired) electrons. The molecule has 0 amide bonds. The molecule has 4 rings (SSSR count). The zero-order valence-electron chi connectivity index (χ0n) is 23.2. The normalized spacial score (nSPS) is 13.1. The Labute approximate surface area is 255 Å². The van der Waals surface area contributed by atoms with Crippen molar-refractivity contribution in [2.24, 2.45) is 5.92 Å². The van der Waals surface area contributed by atoms with E-state index in [1.807, 2.05) is 0 Å². The summed E-state index contributed by atoms with van der Waals surface area (Å²) in [6, 6.07) is 21.4. The predicted octanol–water partition coefficient (Wildman–Crippen LogP) is -0.329. The third kappa shape index (κ3) is 6.48. The summed E-state index contributed by atoms with van der Waals surface area (Å²) in [7, 11) is 0. The molecule has 0 fully saturated rings. The van der Waals surface area contributed by atoms with Crippen molar-refractivity contribution in [1.82, 2.24) is 0 Å². The number of halogens is 3. The minimum Gasteiger partial charge on any atom is -1.00 e. The average Bonchev–Trinajstić information content (AvgIpc) is 3.08. The Bertz CT molecular complexity index is 1150. The fraction of sp³-hybridized carbons (Fsp3) is 0.333. The van der Waals surface area contributed by atoms with Gasteiger partial charge >= 0.3 is 219 Å². The molecule has 0 aromatic heterocycles. The Hall–Kier alpha value is -1.28. The van der Waals surface area contributed by atoms with Gasteiger partial charge in [-0.05, 0) is 0 Å². The van der Waals surface area contributed by atoms with Gasteiger partial charge in [0.05, 0.1) is 0 Å². The van der Waals surface area contributed by atoms with Crippen LogP contribution in [0.25, 0.3) is 0 Å². The molecular weight excluding hydrogens is 551 g/mol. The third-order valence-corrected chi connectivity index (χ3v) is 8.08. The maximum atomic E-state index is 2.48. The second kappa shape index (κ2) is 13.2. The van der Waals surface area contributed by atoms with E-state index in [9.17, 15) is 0 Å². The molecule has 3 aromatic carbocycles. The smallest absolute Gasteiger partial charge is 1.00 e. The van der Waals surface area contributed by atoms with Gasteiger partial charge in [0.1, 0.15) is 0 Å². The maximum Gasteiger partial charge on any atom is -1.00 e. The van der Waals surface area contributed by atoms with Crippen LogP contribution < -0.4 is 37.2 Å². The van der Waals surface area contributed by atoms with Gasteiger partial charge in [-0.2, -0.15) is 0 Å². The molecule has 0 bridgehead atoms. The Morgan fingerprint density at radius 2 is 0.865 bits per heavy atom. The number of hydrogen-bond acceptors (Lipinski definition) is 0. The maximum absolute atomic E-state index is 2.48. The largest absolute Gasteiger partial charge is 1.00 e. The van der Waals surface area contributed by atoms with E-state index in [4.69, 9.17) is 0 Å². The number of hydrogen-bond donors (Lipinski definition) is 0. The molecule has 37 heavy (non-hydrogen) atoms. The summed E-state index contributed by atoms with van der Waals surface area (Å²) in [6.45, 7) is 18.1. The molecule has 0 saturated carbocycles. The molecule has 3 aromatic rings. The van der Waals surface area contributed by atoms with Gasteiger partial charge in [0.2, 0.25) is 0 Å². The molecule has 0 atom stereocenters. The van der Waals surface area contributed by atoms with E-state index in [-0.39, 0.29) is 42.6 Å². The standard InChI is InChI=1S/C33H37.3ClH.Ti/c1-21(2)28-9-10-29(20-28)33(30-14-22(3)11-23(4)15-30,31-16-24(5)12-25(6)17-31)32-18-26(7)13-27(8)19-32;;;;/h9,11-19,21H,10H2,1-8H3;3*1H;/q;;;;+3/p-3. The average molecular weight is 588 g/mol. The first kappa shape index (κ1) is 33.8. The van der Waals surface area contributed by atoms with Crippen LogP contribution in [0.5, 0.6) is 0 Å². The minimum absolute atomic E-state index is 0. The summed E-state index contributed by atoms with van der Waals surface area (Å²) in [6.07, 6.45) is 3.48. The summed E-state index contributed by atoms with van der Waals surface area (Å²) < 4.78 is 1.47. The molecule has 1 aliphatic rings. The first-order valence-corrected chi connectivity index (χ1v) is 13.2. The summed E-state index contributed by atoms with van der Waals surface area (Å²) in [5, 5.41) is 0. The molecule has 4 heteroatoms. The van der Waals surface area contributed by atoms with Gasteiger partial charge in [-0.15, -0.1) is 0 Å². The Balaban J connectivity index is 0.00000228. The fourth-order valence-electron chi connectivity index (χ4n) is 6.05.